The van der Waals surface area contributed by atoms with Crippen molar-refractivity contribution in [1.82, 2.24) is 0 Å². The standard InChI is InChI=1S/2C8H18Si.2C6H9.CH3.Cu.Ti/c2*1-9(2,3)8-6-4-5-7-8;2*1-5-6(2,3)4;;;/h2*8H,4-7H2,1-3H3;2*2-4H3;1H3;;/q;;3*-1;+1;+4. The number of hydrogen-bond donors (Lipinski definition) is 0. The van der Waals surface area contributed by atoms with Crippen LogP contribution in [0, 0.1) is 42.9 Å². The first-order valence-electron chi connectivity index (χ1n) is 12.2. The van der Waals surface area contributed by atoms with Gasteiger partial charge in [-0.25, -0.2) is 0 Å². The molecule has 0 heterocycles. The van der Waals surface area contributed by atoms with E-state index in [2.05, 4.69) is 51.1 Å². The molecule has 2 rings (SSSR count). The Kier molecular flexibility index (Phi) is 26.4. The van der Waals surface area contributed by atoms with E-state index in [0.29, 0.717) is 0 Å². The Bertz CT molecular complexity index is 469. The first kappa shape index (κ1) is 43.8. The molecule has 194 valence electrons. The fourth-order valence-corrected chi connectivity index (χ4v) is 7.86. The molecule has 0 aromatic rings. The van der Waals surface area contributed by atoms with Crippen molar-refractivity contribution in [1.29, 1.82) is 0 Å². The van der Waals surface area contributed by atoms with Crippen LogP contribution in [0.15, 0.2) is 0 Å². The minimum atomic E-state index is -0.724. The summed E-state index contributed by atoms with van der Waals surface area (Å²) in [4.78, 5) is 0. The van der Waals surface area contributed by atoms with Crippen molar-refractivity contribution in [3.63, 3.8) is 0 Å². The molecule has 2 fully saturated rings. The summed E-state index contributed by atoms with van der Waals surface area (Å²) in [6, 6.07) is 0. The third kappa shape index (κ3) is 28.9. The van der Waals surface area contributed by atoms with Gasteiger partial charge in [0.05, 0.1) is 0 Å². The van der Waals surface area contributed by atoms with Crippen molar-refractivity contribution in [3.8, 4) is 11.8 Å². The van der Waals surface area contributed by atoms with Gasteiger partial charge in [-0.05, 0) is 21.9 Å². The van der Waals surface area contributed by atoms with E-state index in [1.54, 1.807) is 0 Å². The van der Waals surface area contributed by atoms with Crippen LogP contribution in [0.1, 0.15) is 92.9 Å². The molecule has 33 heavy (non-hydrogen) atoms. The van der Waals surface area contributed by atoms with E-state index in [9.17, 15) is 0 Å². The van der Waals surface area contributed by atoms with Crippen molar-refractivity contribution >= 4 is 16.1 Å². The van der Waals surface area contributed by atoms with Crippen LogP contribution in [-0.4, -0.2) is 16.1 Å². The second-order valence-electron chi connectivity index (χ2n) is 13.4. The number of rotatable bonds is 2. The average molecular weight is 573 g/mol. The van der Waals surface area contributed by atoms with E-state index in [0.717, 1.165) is 11.1 Å². The van der Waals surface area contributed by atoms with Crippen LogP contribution in [0.5, 0.6) is 0 Å². The SMILES string of the molecule is C[Si](C)(C)C1CCCC1.C[Si](C)(C)C1CCCC1.[C-]#CC(C)(C)C.[C-]#CC(C)(C)C.[CH3-].[Cu+].[Ti+4]. The van der Waals surface area contributed by atoms with E-state index in [-0.39, 0.29) is 57.0 Å². The minimum Gasteiger partial charge on any atom is -0.693 e. The molecule has 0 spiro atoms. The van der Waals surface area contributed by atoms with Crippen molar-refractivity contribution < 1.29 is 38.8 Å². The van der Waals surface area contributed by atoms with Gasteiger partial charge in [0.15, 0.2) is 0 Å². The quantitative estimate of drug-likeness (QED) is 0.175. The van der Waals surface area contributed by atoms with Crippen LogP contribution in [0.4, 0.5) is 0 Å². The summed E-state index contributed by atoms with van der Waals surface area (Å²) in [7, 11) is -1.45. The van der Waals surface area contributed by atoms with Crippen molar-refractivity contribution in [2.75, 3.05) is 0 Å². The maximum Gasteiger partial charge on any atom is 4.00 e. The second-order valence-corrected chi connectivity index (χ2v) is 24.5. The third-order valence-corrected chi connectivity index (χ3v) is 12.0. The van der Waals surface area contributed by atoms with E-state index < -0.39 is 16.1 Å². The first-order valence-corrected chi connectivity index (χ1v) is 19.4. The Balaban J connectivity index is -0.000000105. The molecule has 2 aliphatic rings. The van der Waals surface area contributed by atoms with Gasteiger partial charge in [-0.15, -0.1) is 0 Å². The van der Waals surface area contributed by atoms with Crippen molar-refractivity contribution in [2.24, 2.45) is 10.8 Å². The Morgan fingerprint density at radius 3 is 0.788 bits per heavy atom. The molecule has 4 heteroatoms. The molecular weight excluding hydrogens is 516 g/mol. The smallest absolute Gasteiger partial charge is 0.693 e. The molecule has 0 unspecified atom stereocenters. The molecule has 0 bridgehead atoms. The van der Waals surface area contributed by atoms with Gasteiger partial charge in [0.2, 0.25) is 0 Å². The monoisotopic (exact) mass is 572 g/mol. The summed E-state index contributed by atoms with van der Waals surface area (Å²) in [6.07, 6.45) is 25.4. The Hall–Kier alpha value is 0.788. The maximum atomic E-state index is 6.60. The summed E-state index contributed by atoms with van der Waals surface area (Å²) in [5.41, 5.74) is 2.22. The van der Waals surface area contributed by atoms with Crippen LogP contribution >= 0.6 is 0 Å². The van der Waals surface area contributed by atoms with E-state index in [1.807, 2.05) is 41.5 Å². The van der Waals surface area contributed by atoms with Gasteiger partial charge in [-0.3, -0.25) is 0 Å². The summed E-state index contributed by atoms with van der Waals surface area (Å²) < 4.78 is 0. The molecule has 0 N–H and O–H groups in total. The normalized spacial score (nSPS) is 16.3. The fourth-order valence-electron chi connectivity index (χ4n) is 3.58. The summed E-state index contributed by atoms with van der Waals surface area (Å²) in [5, 5.41) is 0. The van der Waals surface area contributed by atoms with E-state index in [4.69, 9.17) is 12.8 Å². The van der Waals surface area contributed by atoms with Gasteiger partial charge in [-0.1, -0.05) is 132 Å². The molecule has 0 atom stereocenters. The number of hydrogen-bond acceptors (Lipinski definition) is 0. The zero-order valence-electron chi connectivity index (χ0n) is 24.6. The van der Waals surface area contributed by atoms with Gasteiger partial charge < -0.3 is 32.1 Å². The Morgan fingerprint density at radius 2 is 0.727 bits per heavy atom. The largest absolute Gasteiger partial charge is 4.00 e. The predicted molar refractivity (Wildman–Crippen MR) is 151 cm³/mol. The van der Waals surface area contributed by atoms with Crippen LogP contribution in [-0.2, 0) is 38.8 Å². The van der Waals surface area contributed by atoms with Crippen LogP contribution in [0.3, 0.4) is 0 Å². The Labute approximate surface area is 239 Å². The third-order valence-electron chi connectivity index (χ3n) is 5.91. The molecule has 0 nitrogen and oxygen atoms in total. The van der Waals surface area contributed by atoms with Gasteiger partial charge in [0.1, 0.15) is 0 Å². The minimum absolute atomic E-state index is 0. The molecule has 2 aliphatic carbocycles. The van der Waals surface area contributed by atoms with E-state index in [1.165, 1.54) is 51.4 Å². The maximum absolute atomic E-state index is 6.60. The summed E-state index contributed by atoms with van der Waals surface area (Å²) in [5.74, 6) is 4.71. The molecule has 0 aliphatic heterocycles. The summed E-state index contributed by atoms with van der Waals surface area (Å²) in [6.45, 7) is 26.7. The van der Waals surface area contributed by atoms with Crippen LogP contribution in [0.2, 0.25) is 50.4 Å². The molecule has 0 aromatic heterocycles. The molecular formula is C29H57CuSi2Ti+2. The fraction of sp³-hybridized carbons (Fsp3) is 0.828. The average Bonchev–Trinajstić information content (AvgIpc) is 3.27. The van der Waals surface area contributed by atoms with Crippen molar-refractivity contribution in [2.45, 2.75) is 143 Å². The molecule has 0 radical (unpaired) electrons. The molecule has 0 aromatic carbocycles. The molecule has 2 saturated carbocycles. The first-order chi connectivity index (χ1) is 13.3. The summed E-state index contributed by atoms with van der Waals surface area (Å²) >= 11 is 0. The predicted octanol–water partition coefficient (Wildman–Crippen LogP) is 10.2. The second kappa shape index (κ2) is 19.9. The Morgan fingerprint density at radius 1 is 0.576 bits per heavy atom. The zero-order valence-corrected chi connectivity index (χ0v) is 29.1. The topological polar surface area (TPSA) is 0 Å². The molecule has 0 saturated heterocycles. The van der Waals surface area contributed by atoms with E-state index >= 15 is 0 Å². The molecule has 0 amide bonds. The zero-order chi connectivity index (χ0) is 24.2. The van der Waals surface area contributed by atoms with Crippen LogP contribution < -0.4 is 0 Å². The van der Waals surface area contributed by atoms with Crippen molar-refractivity contribution in [3.05, 3.63) is 20.3 Å². The van der Waals surface area contributed by atoms with Gasteiger partial charge in [-0.2, -0.15) is 0 Å². The van der Waals surface area contributed by atoms with Gasteiger partial charge in [0, 0.05) is 16.1 Å². The van der Waals surface area contributed by atoms with Gasteiger partial charge in [0.25, 0.3) is 0 Å². The van der Waals surface area contributed by atoms with Gasteiger partial charge >= 0.3 is 38.8 Å². The van der Waals surface area contributed by atoms with Crippen LogP contribution in [0.25, 0.3) is 0 Å².